The number of nitrogens with zero attached hydrogens (tertiary/aromatic N) is 2. The van der Waals surface area contributed by atoms with Crippen molar-refractivity contribution in [2.75, 3.05) is 40.9 Å². The third kappa shape index (κ3) is 12.6. The van der Waals surface area contributed by atoms with Gasteiger partial charge in [-0.1, -0.05) is 43.7 Å². The molecule has 3 N–H and O–H groups in total. The van der Waals surface area contributed by atoms with Crippen molar-refractivity contribution < 1.29 is 43.9 Å². The fraction of sp³-hybridized carbons (Fsp3) is 0.784. The lowest BCUT2D eigenvalue weighted by molar-refractivity contribution is -0.147. The Kier molecular flexibility index (Phi) is 15.1. The summed E-state index contributed by atoms with van der Waals surface area (Å²) in [5.74, 6) is -0.651. The number of fused-ring (bicyclic) bond motifs is 1. The van der Waals surface area contributed by atoms with Gasteiger partial charge in [0, 0.05) is 39.0 Å². The van der Waals surface area contributed by atoms with E-state index in [1.807, 2.05) is 45.1 Å². The monoisotopic (exact) mass is 678 g/mol. The number of aliphatic hydroxyl groups excluding tert-OH is 2. The minimum absolute atomic E-state index is 0.0160. The topological polar surface area (TPSA) is 142 Å². The Labute approximate surface area is 287 Å². The zero-order valence-corrected chi connectivity index (χ0v) is 30.5. The van der Waals surface area contributed by atoms with E-state index in [0.29, 0.717) is 12.8 Å². The van der Waals surface area contributed by atoms with Crippen molar-refractivity contribution in [1.82, 2.24) is 9.80 Å². The molecule has 0 bridgehead atoms. The molecule has 0 saturated carbocycles. The van der Waals surface area contributed by atoms with Crippen molar-refractivity contribution in [2.24, 2.45) is 11.8 Å². The Hall–Kier alpha value is -2.28. The van der Waals surface area contributed by atoms with Crippen LogP contribution >= 0.6 is 0 Å². The van der Waals surface area contributed by atoms with Crippen LogP contribution in [0.4, 0.5) is 4.79 Å². The first-order valence-corrected chi connectivity index (χ1v) is 17.6. The smallest absolute Gasteiger partial charge is 0.410 e. The summed E-state index contributed by atoms with van der Waals surface area (Å²) in [5.41, 5.74) is -0.953. The van der Waals surface area contributed by atoms with Crippen LogP contribution in [0.25, 0.3) is 0 Å². The van der Waals surface area contributed by atoms with Crippen LogP contribution < -0.4 is 0 Å². The molecular weight excluding hydrogens is 616 g/mol. The maximum absolute atomic E-state index is 13.5. The first-order chi connectivity index (χ1) is 22.5. The molecule has 0 aromatic rings. The minimum atomic E-state index is -1.08. The number of epoxide rings is 1. The van der Waals surface area contributed by atoms with Crippen LogP contribution in [0.1, 0.15) is 86.0 Å². The van der Waals surface area contributed by atoms with Gasteiger partial charge in [0.25, 0.3) is 0 Å². The van der Waals surface area contributed by atoms with Gasteiger partial charge in [-0.3, -0.25) is 4.79 Å². The van der Waals surface area contributed by atoms with E-state index in [9.17, 15) is 24.9 Å². The summed E-state index contributed by atoms with van der Waals surface area (Å²) in [6.45, 7) is 11.4. The van der Waals surface area contributed by atoms with E-state index in [1.165, 1.54) is 0 Å². The summed E-state index contributed by atoms with van der Waals surface area (Å²) in [4.78, 5) is 29.9. The highest BCUT2D eigenvalue weighted by Crippen LogP contribution is 2.38. The second-order valence-corrected chi connectivity index (χ2v) is 14.9. The van der Waals surface area contributed by atoms with Crippen LogP contribution in [0.15, 0.2) is 36.0 Å². The lowest BCUT2D eigenvalue weighted by Crippen LogP contribution is -2.49. The van der Waals surface area contributed by atoms with Gasteiger partial charge in [0.05, 0.1) is 43.0 Å². The van der Waals surface area contributed by atoms with Crippen LogP contribution in [0.2, 0.25) is 0 Å². The molecule has 9 unspecified atom stereocenters. The van der Waals surface area contributed by atoms with Gasteiger partial charge in [-0.2, -0.15) is 0 Å². The summed E-state index contributed by atoms with van der Waals surface area (Å²) in [5, 5.41) is 32.4. The van der Waals surface area contributed by atoms with Crippen LogP contribution in [0.5, 0.6) is 0 Å². The van der Waals surface area contributed by atoms with E-state index < -0.39 is 41.6 Å². The van der Waals surface area contributed by atoms with Gasteiger partial charge in [-0.05, 0) is 85.0 Å². The number of likely N-dealkylation sites (tertiary alicyclic amines) is 1. The Balaban J connectivity index is 1.80. The third-order valence-corrected chi connectivity index (χ3v) is 10.3. The average molecular weight is 679 g/mol. The third-order valence-electron chi connectivity index (χ3n) is 10.3. The van der Waals surface area contributed by atoms with E-state index in [2.05, 4.69) is 18.9 Å². The Morgan fingerprint density at radius 3 is 2.44 bits per heavy atom. The van der Waals surface area contributed by atoms with Crippen LogP contribution in [-0.2, 0) is 23.7 Å². The maximum Gasteiger partial charge on any atom is 0.410 e. The number of hydrogen-bond acceptors (Lipinski definition) is 10. The van der Waals surface area contributed by atoms with Crippen molar-refractivity contribution >= 4 is 12.1 Å². The summed E-state index contributed by atoms with van der Waals surface area (Å²) in [7, 11) is 5.41. The van der Waals surface area contributed by atoms with Crippen molar-refractivity contribution in [3.05, 3.63) is 36.0 Å². The van der Waals surface area contributed by atoms with Gasteiger partial charge < -0.3 is 44.1 Å². The van der Waals surface area contributed by atoms with Crippen LogP contribution in [0, 0.1) is 11.8 Å². The molecule has 0 aliphatic carbocycles. The molecule has 2 fully saturated rings. The second-order valence-electron chi connectivity index (χ2n) is 14.9. The quantitative estimate of drug-likeness (QED) is 0.224. The number of amides is 1. The molecule has 3 rings (SSSR count). The van der Waals surface area contributed by atoms with E-state index >= 15 is 0 Å². The Bertz CT molecular complexity index is 1130. The molecule has 0 aromatic carbocycles. The number of methoxy groups -OCH3 is 1. The van der Waals surface area contributed by atoms with Gasteiger partial charge in [0.15, 0.2) is 6.10 Å². The van der Waals surface area contributed by atoms with Crippen molar-refractivity contribution in [1.29, 1.82) is 0 Å². The fourth-order valence-electron chi connectivity index (χ4n) is 6.65. The zero-order chi connectivity index (χ0) is 35.6. The molecule has 3 aliphatic heterocycles. The molecule has 0 spiro atoms. The van der Waals surface area contributed by atoms with E-state index in [4.69, 9.17) is 18.9 Å². The van der Waals surface area contributed by atoms with E-state index in [1.54, 1.807) is 32.1 Å². The molecule has 9 atom stereocenters. The Morgan fingerprint density at radius 2 is 1.77 bits per heavy atom. The molecule has 1 amide bonds. The van der Waals surface area contributed by atoms with Crippen molar-refractivity contribution in [3.63, 3.8) is 0 Å². The number of carbonyl (C=O) groups excluding carboxylic acids is 2. The Morgan fingerprint density at radius 1 is 1.08 bits per heavy atom. The normalized spacial score (nSPS) is 39.9. The summed E-state index contributed by atoms with van der Waals surface area (Å²) in [6.07, 6.45) is 9.69. The number of carbonyl (C=O) groups is 2. The number of piperidine rings is 1. The highest BCUT2D eigenvalue weighted by molar-refractivity contribution is 5.70. The molecule has 48 heavy (non-hydrogen) atoms. The molecule has 11 nitrogen and oxygen atoms in total. The zero-order valence-electron chi connectivity index (χ0n) is 30.5. The number of ether oxygens (including phenoxy) is 4. The molecular formula is C37H62N2O9. The van der Waals surface area contributed by atoms with E-state index in [-0.39, 0.29) is 56.0 Å². The maximum atomic E-state index is 13.5. The van der Waals surface area contributed by atoms with Crippen LogP contribution in [0.3, 0.4) is 0 Å². The van der Waals surface area contributed by atoms with Gasteiger partial charge in [0.2, 0.25) is 0 Å². The molecule has 0 aromatic heterocycles. The summed E-state index contributed by atoms with van der Waals surface area (Å²) >= 11 is 0. The molecule has 3 aliphatic rings. The number of rotatable bonds is 3. The highest BCUT2D eigenvalue weighted by Gasteiger charge is 2.47. The number of hydrogen-bond donors (Lipinski definition) is 3. The van der Waals surface area contributed by atoms with Gasteiger partial charge in [0.1, 0.15) is 5.60 Å². The highest BCUT2D eigenvalue weighted by atomic mass is 16.6. The molecule has 3 heterocycles. The first-order valence-electron chi connectivity index (χ1n) is 17.6. The van der Waals surface area contributed by atoms with Gasteiger partial charge in [-0.25, -0.2) is 4.79 Å². The number of aliphatic hydroxyl groups is 3. The van der Waals surface area contributed by atoms with Gasteiger partial charge >= 0.3 is 12.1 Å². The predicted molar refractivity (Wildman–Crippen MR) is 184 cm³/mol. The summed E-state index contributed by atoms with van der Waals surface area (Å²) in [6, 6.07) is 0.0806. The molecule has 11 heteroatoms. The van der Waals surface area contributed by atoms with Crippen molar-refractivity contribution in [2.45, 2.75) is 134 Å². The molecule has 274 valence electrons. The number of esters is 1. The molecule has 2 saturated heterocycles. The van der Waals surface area contributed by atoms with E-state index in [0.717, 1.165) is 37.9 Å². The largest absolute Gasteiger partial charge is 0.465 e. The van der Waals surface area contributed by atoms with Gasteiger partial charge in [-0.15, -0.1) is 0 Å². The number of allylic oxidation sites excluding steroid dienone is 4. The lowest BCUT2D eigenvalue weighted by Gasteiger charge is -2.38. The lowest BCUT2D eigenvalue weighted by atomic mass is 9.89. The fourth-order valence-corrected chi connectivity index (χ4v) is 6.65. The van der Waals surface area contributed by atoms with Crippen molar-refractivity contribution in [3.8, 4) is 0 Å². The predicted octanol–water partition coefficient (Wildman–Crippen LogP) is 4.39. The average Bonchev–Trinajstić information content (AvgIpc) is 3.78. The minimum Gasteiger partial charge on any atom is -0.465 e. The second kappa shape index (κ2) is 18.1. The summed E-state index contributed by atoms with van der Waals surface area (Å²) < 4.78 is 23.3. The first kappa shape index (κ1) is 40.2. The van der Waals surface area contributed by atoms with Crippen LogP contribution in [-0.4, -0.2) is 126 Å². The SMILES string of the molecule is COC1(C)CCC(O)CC(=O)OCCC(O)C(C)C2OC2CC(C)(O)/C=C/C=C(\C)CC(C)/C=C/C1OC(=O)N(C)C1CCN(C)CC1. The number of cyclic esters (lactones) is 1. The standard InChI is InChI=1S/C37H62N2O9/c1-25-10-9-17-36(4,44)24-31-34(47-31)27(3)30(41)16-21-46-33(42)23-29(40)13-18-37(5,45-8)32(12-11-26(2)22-25)48-35(43)39(7)28-14-19-38(6)20-15-28/h9-12,17,26-32,34,40-41,44H,13-16,18-24H2,1-8H3/b12-11+,17-9+,25-10+. The molecule has 0 radical (unpaired) electrons.